The summed E-state index contributed by atoms with van der Waals surface area (Å²) >= 11 is 0. The van der Waals surface area contributed by atoms with Crippen LogP contribution in [0.3, 0.4) is 0 Å². The van der Waals surface area contributed by atoms with Crippen LogP contribution in [0.15, 0.2) is 36.9 Å². The molecule has 1 aliphatic rings. The van der Waals surface area contributed by atoms with E-state index in [0.29, 0.717) is 6.54 Å². The number of amides is 1. The molecule has 23 heavy (non-hydrogen) atoms. The standard InChI is InChI=1S/C16H22N6O/c1-2-14(22-11-4-8-19-22)15(23)20-9-5-10-21(13-12-20)16-17-6-3-7-18-16/h3-4,6-8,11,14H,2,5,9-10,12-13H2,1H3. The second-order valence-electron chi connectivity index (χ2n) is 5.62. The van der Waals surface area contributed by atoms with Gasteiger partial charge in [0.2, 0.25) is 11.9 Å². The van der Waals surface area contributed by atoms with Crippen molar-refractivity contribution in [1.29, 1.82) is 0 Å². The van der Waals surface area contributed by atoms with Gasteiger partial charge in [-0.3, -0.25) is 9.48 Å². The summed E-state index contributed by atoms with van der Waals surface area (Å²) in [7, 11) is 0. The van der Waals surface area contributed by atoms with Crippen molar-refractivity contribution in [3.8, 4) is 0 Å². The van der Waals surface area contributed by atoms with Gasteiger partial charge in [0.15, 0.2) is 0 Å². The van der Waals surface area contributed by atoms with E-state index in [1.807, 2.05) is 30.2 Å². The zero-order valence-corrected chi connectivity index (χ0v) is 13.4. The van der Waals surface area contributed by atoms with Crippen molar-refractivity contribution in [2.45, 2.75) is 25.8 Å². The van der Waals surface area contributed by atoms with Crippen molar-refractivity contribution < 1.29 is 4.79 Å². The molecule has 1 fully saturated rings. The van der Waals surface area contributed by atoms with E-state index in [1.54, 1.807) is 23.3 Å². The number of nitrogens with zero attached hydrogens (tertiary/aromatic N) is 6. The third-order valence-corrected chi connectivity index (χ3v) is 4.16. The maximum absolute atomic E-state index is 12.8. The van der Waals surface area contributed by atoms with Gasteiger partial charge in [0.1, 0.15) is 6.04 Å². The molecule has 1 saturated heterocycles. The normalized spacial score (nSPS) is 16.9. The second-order valence-corrected chi connectivity index (χ2v) is 5.62. The van der Waals surface area contributed by atoms with Gasteiger partial charge < -0.3 is 9.80 Å². The molecule has 7 nitrogen and oxygen atoms in total. The van der Waals surface area contributed by atoms with Crippen molar-refractivity contribution in [3.63, 3.8) is 0 Å². The lowest BCUT2D eigenvalue weighted by Crippen LogP contribution is -2.40. The molecule has 2 aromatic rings. The molecule has 1 unspecified atom stereocenters. The molecule has 0 saturated carbocycles. The molecule has 0 bridgehead atoms. The summed E-state index contributed by atoms with van der Waals surface area (Å²) in [6.07, 6.45) is 8.73. The van der Waals surface area contributed by atoms with E-state index < -0.39 is 0 Å². The highest BCUT2D eigenvalue weighted by Gasteiger charge is 2.27. The van der Waals surface area contributed by atoms with Crippen LogP contribution in [-0.4, -0.2) is 56.7 Å². The fourth-order valence-electron chi connectivity index (χ4n) is 2.94. The van der Waals surface area contributed by atoms with Crippen molar-refractivity contribution in [2.24, 2.45) is 0 Å². The zero-order valence-electron chi connectivity index (χ0n) is 13.4. The predicted octanol–water partition coefficient (Wildman–Crippen LogP) is 1.36. The molecular formula is C16H22N6O. The first-order chi connectivity index (χ1) is 11.3. The Balaban J connectivity index is 1.66. The minimum Gasteiger partial charge on any atom is -0.339 e. The Hall–Kier alpha value is -2.44. The molecule has 0 aliphatic carbocycles. The number of aromatic nitrogens is 4. The lowest BCUT2D eigenvalue weighted by Gasteiger charge is -2.26. The van der Waals surface area contributed by atoms with Gasteiger partial charge in [-0.1, -0.05) is 6.92 Å². The largest absolute Gasteiger partial charge is 0.339 e. The summed E-state index contributed by atoms with van der Waals surface area (Å²) < 4.78 is 1.76. The molecule has 1 amide bonds. The smallest absolute Gasteiger partial charge is 0.247 e. The van der Waals surface area contributed by atoms with Gasteiger partial charge in [-0.15, -0.1) is 0 Å². The van der Waals surface area contributed by atoms with Gasteiger partial charge in [0.05, 0.1) is 0 Å². The maximum atomic E-state index is 12.8. The molecule has 122 valence electrons. The van der Waals surface area contributed by atoms with E-state index in [2.05, 4.69) is 20.0 Å². The maximum Gasteiger partial charge on any atom is 0.247 e. The third-order valence-electron chi connectivity index (χ3n) is 4.16. The van der Waals surface area contributed by atoms with Crippen LogP contribution in [0.25, 0.3) is 0 Å². The number of carbonyl (C=O) groups excluding carboxylic acids is 1. The molecule has 0 aromatic carbocycles. The third kappa shape index (κ3) is 3.49. The number of hydrogen-bond acceptors (Lipinski definition) is 5. The lowest BCUT2D eigenvalue weighted by atomic mass is 10.2. The van der Waals surface area contributed by atoms with Gasteiger partial charge in [0, 0.05) is 51.0 Å². The first-order valence-corrected chi connectivity index (χ1v) is 8.09. The molecular weight excluding hydrogens is 292 g/mol. The van der Waals surface area contributed by atoms with E-state index in [1.165, 1.54) is 0 Å². The molecule has 0 spiro atoms. The summed E-state index contributed by atoms with van der Waals surface area (Å²) in [5.41, 5.74) is 0. The molecule has 3 rings (SSSR count). The van der Waals surface area contributed by atoms with Crippen LogP contribution < -0.4 is 4.90 Å². The van der Waals surface area contributed by atoms with E-state index >= 15 is 0 Å². The first kappa shape index (κ1) is 15.5. The quantitative estimate of drug-likeness (QED) is 0.852. The minimum atomic E-state index is -0.218. The van der Waals surface area contributed by atoms with Gasteiger partial charge in [-0.05, 0) is 25.0 Å². The average molecular weight is 314 g/mol. The fraction of sp³-hybridized carbons (Fsp3) is 0.500. The van der Waals surface area contributed by atoms with E-state index in [9.17, 15) is 4.79 Å². The fourth-order valence-corrected chi connectivity index (χ4v) is 2.94. The topological polar surface area (TPSA) is 67.2 Å². The van der Waals surface area contributed by atoms with Gasteiger partial charge in [0.25, 0.3) is 0 Å². The van der Waals surface area contributed by atoms with Crippen LogP contribution in [0, 0.1) is 0 Å². The zero-order chi connectivity index (χ0) is 16.1. The average Bonchev–Trinajstić information content (AvgIpc) is 3.00. The van der Waals surface area contributed by atoms with Gasteiger partial charge >= 0.3 is 0 Å². The van der Waals surface area contributed by atoms with Crippen LogP contribution in [0.4, 0.5) is 5.95 Å². The number of anilines is 1. The highest BCUT2D eigenvalue weighted by molar-refractivity contribution is 5.80. The Morgan fingerprint density at radius 2 is 1.96 bits per heavy atom. The summed E-state index contributed by atoms with van der Waals surface area (Å²) in [5, 5.41) is 4.23. The molecule has 0 radical (unpaired) electrons. The molecule has 0 N–H and O–H groups in total. The Kier molecular flexibility index (Phi) is 4.85. The van der Waals surface area contributed by atoms with Crippen molar-refractivity contribution in [1.82, 2.24) is 24.6 Å². The first-order valence-electron chi connectivity index (χ1n) is 8.09. The van der Waals surface area contributed by atoms with Crippen LogP contribution in [0.1, 0.15) is 25.8 Å². The minimum absolute atomic E-state index is 0.145. The van der Waals surface area contributed by atoms with E-state index in [-0.39, 0.29) is 11.9 Å². The number of rotatable bonds is 4. The summed E-state index contributed by atoms with van der Waals surface area (Å²) in [4.78, 5) is 25.5. The van der Waals surface area contributed by atoms with E-state index in [0.717, 1.165) is 38.4 Å². The molecule has 1 atom stereocenters. The molecule has 7 heteroatoms. The Morgan fingerprint density at radius 3 is 2.65 bits per heavy atom. The summed E-state index contributed by atoms with van der Waals surface area (Å²) in [6.45, 7) is 5.10. The Labute approximate surface area is 135 Å². The van der Waals surface area contributed by atoms with Crippen LogP contribution in [0.5, 0.6) is 0 Å². The van der Waals surface area contributed by atoms with Crippen LogP contribution in [-0.2, 0) is 4.79 Å². The van der Waals surface area contributed by atoms with Crippen LogP contribution >= 0.6 is 0 Å². The predicted molar refractivity (Wildman–Crippen MR) is 87.0 cm³/mol. The summed E-state index contributed by atoms with van der Waals surface area (Å²) in [5.74, 6) is 0.882. The Morgan fingerprint density at radius 1 is 1.13 bits per heavy atom. The lowest BCUT2D eigenvalue weighted by molar-refractivity contribution is -0.135. The second kappa shape index (κ2) is 7.21. The van der Waals surface area contributed by atoms with Crippen LogP contribution in [0.2, 0.25) is 0 Å². The SMILES string of the molecule is CCC(C(=O)N1CCCN(c2ncccn2)CC1)n1cccn1. The number of carbonyl (C=O) groups is 1. The van der Waals surface area contributed by atoms with Crippen molar-refractivity contribution in [2.75, 3.05) is 31.1 Å². The van der Waals surface area contributed by atoms with Gasteiger partial charge in [-0.25, -0.2) is 9.97 Å². The Bertz CT molecular complexity index is 615. The van der Waals surface area contributed by atoms with Gasteiger partial charge in [-0.2, -0.15) is 5.10 Å². The highest BCUT2D eigenvalue weighted by Crippen LogP contribution is 2.17. The molecule has 2 aromatic heterocycles. The molecule has 3 heterocycles. The highest BCUT2D eigenvalue weighted by atomic mass is 16.2. The van der Waals surface area contributed by atoms with E-state index in [4.69, 9.17) is 0 Å². The molecule has 1 aliphatic heterocycles. The summed E-state index contributed by atoms with van der Waals surface area (Å²) in [6, 6.07) is 3.45. The van der Waals surface area contributed by atoms with Crippen molar-refractivity contribution >= 4 is 11.9 Å². The monoisotopic (exact) mass is 314 g/mol. The van der Waals surface area contributed by atoms with Crippen molar-refractivity contribution in [3.05, 3.63) is 36.9 Å². The number of hydrogen-bond donors (Lipinski definition) is 0.